The summed E-state index contributed by atoms with van der Waals surface area (Å²) >= 11 is 1.43. The first-order valence-corrected chi connectivity index (χ1v) is 11.8. The van der Waals surface area contributed by atoms with Crippen molar-refractivity contribution in [2.45, 2.75) is 10.9 Å². The van der Waals surface area contributed by atoms with Gasteiger partial charge in [0, 0.05) is 46.0 Å². The normalized spacial score (nSPS) is 10.7. The summed E-state index contributed by atoms with van der Waals surface area (Å²) in [5.41, 5.74) is 3.05. The lowest BCUT2D eigenvalue weighted by Crippen LogP contribution is -2.14. The number of nitrogens with zero attached hydrogens (tertiary/aromatic N) is 2. The summed E-state index contributed by atoms with van der Waals surface area (Å²) in [6.45, 7) is 0. The number of furan rings is 1. The molecule has 2 heterocycles. The lowest BCUT2D eigenvalue weighted by atomic mass is 10.1. The van der Waals surface area contributed by atoms with Gasteiger partial charge in [-0.3, -0.25) is 9.59 Å². The molecule has 0 aliphatic heterocycles. The van der Waals surface area contributed by atoms with Crippen molar-refractivity contribution in [2.24, 2.45) is 0 Å². The number of nitrogens with one attached hydrogen (secondary N) is 2. The van der Waals surface area contributed by atoms with Crippen molar-refractivity contribution >= 4 is 45.9 Å². The number of thioether (sulfide) groups is 1. The van der Waals surface area contributed by atoms with E-state index in [1.165, 1.54) is 11.8 Å². The molecule has 172 valence electrons. The van der Waals surface area contributed by atoms with Crippen LogP contribution in [0.1, 0.15) is 26.5 Å². The Bertz CT molecular complexity index is 1490. The summed E-state index contributed by atoms with van der Waals surface area (Å²) in [5.74, 6) is 0.0937. The van der Waals surface area contributed by atoms with Gasteiger partial charge < -0.3 is 15.1 Å². The van der Waals surface area contributed by atoms with Crippen LogP contribution in [0.2, 0.25) is 0 Å². The summed E-state index contributed by atoms with van der Waals surface area (Å²) in [5, 5.41) is 7.22. The lowest BCUT2D eigenvalue weighted by Gasteiger charge is -2.09. The fraction of sp³-hybridized carbons (Fsp3) is 0.0370. The van der Waals surface area contributed by atoms with Gasteiger partial charge in [-0.2, -0.15) is 0 Å². The minimum Gasteiger partial charge on any atom is -0.451 e. The molecule has 2 aromatic heterocycles. The van der Waals surface area contributed by atoms with Crippen LogP contribution in [-0.4, -0.2) is 21.8 Å². The van der Waals surface area contributed by atoms with E-state index in [2.05, 4.69) is 20.6 Å². The van der Waals surface area contributed by atoms with E-state index in [-0.39, 0.29) is 17.6 Å². The van der Waals surface area contributed by atoms with Crippen LogP contribution in [0.3, 0.4) is 0 Å². The highest BCUT2D eigenvalue weighted by atomic mass is 32.2. The van der Waals surface area contributed by atoms with Gasteiger partial charge in [0.15, 0.2) is 10.9 Å². The van der Waals surface area contributed by atoms with Gasteiger partial charge in [-0.1, -0.05) is 54.2 Å². The number of aromatic nitrogens is 2. The fourth-order valence-electron chi connectivity index (χ4n) is 3.58. The number of hydrogen-bond donors (Lipinski definition) is 2. The zero-order chi connectivity index (χ0) is 24.0. The highest BCUT2D eigenvalue weighted by Gasteiger charge is 2.21. The Kier molecular flexibility index (Phi) is 6.54. The van der Waals surface area contributed by atoms with Crippen LogP contribution in [0.5, 0.6) is 0 Å². The van der Waals surface area contributed by atoms with Gasteiger partial charge in [0.05, 0.1) is 0 Å². The van der Waals surface area contributed by atoms with Gasteiger partial charge in [-0.25, -0.2) is 9.97 Å². The first-order chi connectivity index (χ1) is 17.2. The molecule has 0 aliphatic rings. The Labute approximate surface area is 205 Å². The van der Waals surface area contributed by atoms with Crippen LogP contribution in [0.4, 0.5) is 11.4 Å². The number of hydrogen-bond acceptors (Lipinski definition) is 6. The second-order valence-corrected chi connectivity index (χ2v) is 8.52. The molecule has 5 aromatic rings. The summed E-state index contributed by atoms with van der Waals surface area (Å²) in [6.07, 6.45) is 3.36. The molecule has 0 aliphatic carbocycles. The fourth-order valence-corrected chi connectivity index (χ4v) is 4.41. The van der Waals surface area contributed by atoms with E-state index in [4.69, 9.17) is 4.42 Å². The van der Waals surface area contributed by atoms with Gasteiger partial charge in [-0.05, 0) is 42.5 Å². The molecule has 0 atom stereocenters. The van der Waals surface area contributed by atoms with Crippen LogP contribution < -0.4 is 10.6 Å². The summed E-state index contributed by atoms with van der Waals surface area (Å²) < 4.78 is 5.94. The molecule has 0 saturated carbocycles. The van der Waals surface area contributed by atoms with Crippen LogP contribution in [0.25, 0.3) is 11.0 Å². The number of carbonyl (C=O) groups is 2. The van der Waals surface area contributed by atoms with Crippen molar-refractivity contribution in [2.75, 3.05) is 10.6 Å². The van der Waals surface area contributed by atoms with Crippen molar-refractivity contribution in [3.05, 3.63) is 114 Å². The molecular formula is C27H20N4O3S. The molecule has 35 heavy (non-hydrogen) atoms. The zero-order valence-corrected chi connectivity index (χ0v) is 19.3. The average molecular weight is 481 g/mol. The van der Waals surface area contributed by atoms with E-state index in [0.29, 0.717) is 33.4 Å². The smallest absolute Gasteiger partial charge is 0.291 e. The molecule has 2 N–H and O–H groups in total. The summed E-state index contributed by atoms with van der Waals surface area (Å²) in [7, 11) is 0. The van der Waals surface area contributed by atoms with E-state index in [0.717, 1.165) is 10.9 Å². The van der Waals surface area contributed by atoms with Crippen LogP contribution in [-0.2, 0) is 5.75 Å². The maximum Gasteiger partial charge on any atom is 0.291 e. The van der Waals surface area contributed by atoms with Crippen molar-refractivity contribution < 1.29 is 14.0 Å². The van der Waals surface area contributed by atoms with Crippen molar-refractivity contribution in [1.29, 1.82) is 0 Å². The molecule has 0 fully saturated rings. The van der Waals surface area contributed by atoms with Gasteiger partial charge in [-0.15, -0.1) is 0 Å². The number of rotatable bonds is 7. The van der Waals surface area contributed by atoms with Crippen LogP contribution >= 0.6 is 11.8 Å². The van der Waals surface area contributed by atoms with E-state index in [9.17, 15) is 9.59 Å². The SMILES string of the molecule is O=C(Nc1cccc(NC(=O)c2oc3ccccc3c2CSc2ncccn2)c1)c1ccccc1. The summed E-state index contributed by atoms with van der Waals surface area (Å²) in [6, 6.07) is 25.2. The minimum absolute atomic E-state index is 0.228. The first kappa shape index (κ1) is 22.4. The molecule has 0 saturated heterocycles. The third-order valence-electron chi connectivity index (χ3n) is 5.21. The molecule has 0 bridgehead atoms. The quantitative estimate of drug-likeness (QED) is 0.218. The standard InChI is InChI=1S/C27H20N4O3S/c32-25(18-8-2-1-3-9-18)30-19-10-6-11-20(16-19)31-26(33)24-22(17-35-27-28-14-7-15-29-27)21-12-4-5-13-23(21)34-24/h1-16H,17H2,(H,30,32)(H,31,33). The second-order valence-electron chi connectivity index (χ2n) is 7.58. The van der Waals surface area contributed by atoms with Crippen LogP contribution in [0.15, 0.2) is 107 Å². The number of para-hydroxylation sites is 1. The number of benzene rings is 3. The van der Waals surface area contributed by atoms with Crippen molar-refractivity contribution in [1.82, 2.24) is 9.97 Å². The van der Waals surface area contributed by atoms with E-state index < -0.39 is 0 Å². The van der Waals surface area contributed by atoms with Crippen molar-refractivity contribution in [3.8, 4) is 0 Å². The van der Waals surface area contributed by atoms with Gasteiger partial charge in [0.2, 0.25) is 0 Å². The Hall–Kier alpha value is -4.43. The highest BCUT2D eigenvalue weighted by Crippen LogP contribution is 2.31. The number of carbonyl (C=O) groups excluding carboxylic acids is 2. The summed E-state index contributed by atoms with van der Waals surface area (Å²) in [4.78, 5) is 34.2. The third kappa shape index (κ3) is 5.23. The highest BCUT2D eigenvalue weighted by molar-refractivity contribution is 7.98. The zero-order valence-electron chi connectivity index (χ0n) is 18.5. The predicted octanol–water partition coefficient (Wildman–Crippen LogP) is 6.02. The van der Waals surface area contributed by atoms with E-state index in [1.54, 1.807) is 67.0 Å². The maximum atomic E-state index is 13.2. The molecule has 0 spiro atoms. The monoisotopic (exact) mass is 480 g/mol. The Balaban J connectivity index is 1.36. The maximum absolute atomic E-state index is 13.2. The Morgan fingerprint density at radius 2 is 1.46 bits per heavy atom. The largest absolute Gasteiger partial charge is 0.451 e. The molecule has 2 amide bonds. The van der Waals surface area contributed by atoms with Crippen molar-refractivity contribution in [3.63, 3.8) is 0 Å². The average Bonchev–Trinajstić information content (AvgIpc) is 3.27. The molecule has 0 unspecified atom stereocenters. The van der Waals surface area contributed by atoms with Gasteiger partial charge in [0.1, 0.15) is 5.58 Å². The van der Waals surface area contributed by atoms with Gasteiger partial charge >= 0.3 is 0 Å². The molecule has 7 nitrogen and oxygen atoms in total. The molecular weight excluding hydrogens is 460 g/mol. The van der Waals surface area contributed by atoms with E-state index in [1.807, 2.05) is 30.3 Å². The Morgan fingerprint density at radius 3 is 2.23 bits per heavy atom. The van der Waals surface area contributed by atoms with E-state index >= 15 is 0 Å². The molecule has 8 heteroatoms. The number of anilines is 2. The van der Waals surface area contributed by atoms with Crippen LogP contribution in [0, 0.1) is 0 Å². The first-order valence-electron chi connectivity index (χ1n) is 10.9. The Morgan fingerprint density at radius 1 is 0.771 bits per heavy atom. The topological polar surface area (TPSA) is 97.1 Å². The lowest BCUT2D eigenvalue weighted by molar-refractivity contribution is 0.0996. The third-order valence-corrected chi connectivity index (χ3v) is 6.11. The van der Waals surface area contributed by atoms with Gasteiger partial charge in [0.25, 0.3) is 11.8 Å². The number of fused-ring (bicyclic) bond motifs is 1. The predicted molar refractivity (Wildman–Crippen MR) is 137 cm³/mol. The minimum atomic E-state index is -0.377. The molecule has 0 radical (unpaired) electrons. The second kappa shape index (κ2) is 10.2. The number of amides is 2. The molecule has 5 rings (SSSR count). The molecule has 3 aromatic carbocycles.